The summed E-state index contributed by atoms with van der Waals surface area (Å²) in [4.78, 5) is 53.9. The summed E-state index contributed by atoms with van der Waals surface area (Å²) in [6.45, 7) is 4.53. The Morgan fingerprint density at radius 1 is 0.597 bits per heavy atom. The van der Waals surface area contributed by atoms with E-state index in [1.54, 1.807) is 48.8 Å². The quantitative estimate of drug-likeness (QED) is 0.0261. The molecule has 378 valence electrons. The van der Waals surface area contributed by atoms with Crippen LogP contribution < -0.4 is 35.7 Å². The van der Waals surface area contributed by atoms with Crippen LogP contribution in [-0.2, 0) is 49.0 Å². The fourth-order valence-electron chi connectivity index (χ4n) is 7.75. The van der Waals surface area contributed by atoms with Crippen LogP contribution in [0.2, 0.25) is 10.0 Å². The van der Waals surface area contributed by atoms with Gasteiger partial charge in [0.05, 0.1) is 46.2 Å². The molecular formula is C53H55Cl2N5O12. The lowest BCUT2D eigenvalue weighted by Gasteiger charge is -2.19. The molecule has 0 aliphatic rings. The van der Waals surface area contributed by atoms with Gasteiger partial charge in [-0.3, -0.25) is 29.1 Å². The molecule has 6 rings (SSSR count). The Bertz CT molecular complexity index is 2720. The maximum Gasteiger partial charge on any atom is 0.306 e. The fraction of sp³-hybridized carbons (Fsp3) is 0.283. The third kappa shape index (κ3) is 15.4. The van der Waals surface area contributed by atoms with Crippen molar-refractivity contribution in [2.24, 2.45) is 11.5 Å². The van der Waals surface area contributed by atoms with Crippen LogP contribution in [0.4, 0.5) is 0 Å². The van der Waals surface area contributed by atoms with Gasteiger partial charge < -0.3 is 56.2 Å². The molecule has 4 aromatic carbocycles. The Balaban J connectivity index is 1.19. The molecule has 72 heavy (non-hydrogen) atoms. The van der Waals surface area contributed by atoms with E-state index in [1.807, 2.05) is 50.2 Å². The second kappa shape index (κ2) is 25.7. The van der Waals surface area contributed by atoms with E-state index in [0.29, 0.717) is 63.1 Å². The lowest BCUT2D eigenvalue weighted by atomic mass is 9.92. The number of carboxylic acids is 2. The van der Waals surface area contributed by atoms with Crippen LogP contribution in [0.3, 0.4) is 0 Å². The number of aliphatic hydroxyl groups is 2. The highest BCUT2D eigenvalue weighted by Crippen LogP contribution is 2.38. The normalized spacial score (nSPS) is 11.9. The highest BCUT2D eigenvalue weighted by molar-refractivity contribution is 6.32. The van der Waals surface area contributed by atoms with E-state index in [2.05, 4.69) is 15.3 Å². The molecule has 0 bridgehead atoms. The zero-order valence-electron chi connectivity index (χ0n) is 39.5. The molecule has 0 aliphatic heterocycles. The summed E-state index contributed by atoms with van der Waals surface area (Å²) in [6, 6.07) is 21.8. The summed E-state index contributed by atoms with van der Waals surface area (Å²) in [5, 5.41) is 42.0. The van der Waals surface area contributed by atoms with Crippen molar-refractivity contribution in [3.05, 3.63) is 163 Å². The number of aliphatic hydroxyl groups excluding tert-OH is 2. The first-order chi connectivity index (χ1) is 34.4. The molecule has 2 heterocycles. The Morgan fingerprint density at radius 2 is 1.06 bits per heavy atom. The molecule has 0 spiro atoms. The predicted molar refractivity (Wildman–Crippen MR) is 268 cm³/mol. The zero-order chi connectivity index (χ0) is 51.9. The van der Waals surface area contributed by atoms with Gasteiger partial charge in [-0.1, -0.05) is 59.6 Å². The minimum atomic E-state index is -1.13. The van der Waals surface area contributed by atoms with Crippen molar-refractivity contribution < 1.29 is 58.6 Å². The molecule has 2 aromatic heterocycles. The summed E-state index contributed by atoms with van der Waals surface area (Å²) in [6.07, 6.45) is 4.04. The minimum absolute atomic E-state index is 0.00127. The van der Waals surface area contributed by atoms with E-state index in [4.69, 9.17) is 63.8 Å². The third-order valence-corrected chi connectivity index (χ3v) is 12.2. The van der Waals surface area contributed by atoms with Crippen molar-refractivity contribution in [3.63, 3.8) is 0 Å². The number of hydrogen-bond acceptors (Lipinski definition) is 13. The first kappa shape index (κ1) is 54.1. The second-order valence-electron chi connectivity index (χ2n) is 17.0. The third-order valence-electron chi connectivity index (χ3n) is 11.6. The first-order valence-electron chi connectivity index (χ1n) is 22.8. The summed E-state index contributed by atoms with van der Waals surface area (Å²) in [7, 11) is 0. The van der Waals surface area contributed by atoms with Gasteiger partial charge in [0.2, 0.25) is 11.8 Å². The van der Waals surface area contributed by atoms with Gasteiger partial charge in [-0.25, -0.2) is 0 Å². The van der Waals surface area contributed by atoms with Gasteiger partial charge in [0.25, 0.3) is 0 Å². The number of pyridine rings is 2. The highest BCUT2D eigenvalue weighted by Gasteiger charge is 2.19. The van der Waals surface area contributed by atoms with E-state index in [0.717, 1.165) is 33.4 Å². The molecule has 0 saturated carbocycles. The van der Waals surface area contributed by atoms with Crippen LogP contribution in [0.25, 0.3) is 11.1 Å². The van der Waals surface area contributed by atoms with Crippen molar-refractivity contribution in [1.82, 2.24) is 15.3 Å². The van der Waals surface area contributed by atoms with Gasteiger partial charge >= 0.3 is 11.9 Å². The van der Waals surface area contributed by atoms with Gasteiger partial charge in [-0.2, -0.15) is 0 Å². The number of nitrogens with one attached hydrogen (secondary N) is 1. The van der Waals surface area contributed by atoms with Crippen molar-refractivity contribution in [1.29, 1.82) is 0 Å². The van der Waals surface area contributed by atoms with Crippen LogP contribution in [0, 0.1) is 13.8 Å². The SMILES string of the molecule is Cc1c(COc2cc(OCc3cncc(C(N)=O)c3)c(CCC[C@@H](O)CC(=O)O)cc2Cl)cccc1-c1cccc(COc2cc(OCc3cncc(C(N)=O)c3)c(CNC[C@@H](O)CC(=O)O)cc2Cl)c1C. The number of primary amides is 2. The maximum absolute atomic E-state index is 11.8. The average molecular weight is 1020 g/mol. The van der Waals surface area contributed by atoms with E-state index >= 15 is 0 Å². The fourth-order valence-corrected chi connectivity index (χ4v) is 8.23. The number of carbonyl (C=O) groups is 4. The topological polar surface area (TPSA) is 276 Å². The molecule has 0 fully saturated rings. The van der Waals surface area contributed by atoms with E-state index in [9.17, 15) is 29.4 Å². The molecule has 0 radical (unpaired) electrons. The largest absolute Gasteiger partial charge is 0.488 e. The Morgan fingerprint density at radius 3 is 1.54 bits per heavy atom. The molecule has 19 heteroatoms. The highest BCUT2D eigenvalue weighted by atomic mass is 35.5. The predicted octanol–water partition coefficient (Wildman–Crippen LogP) is 7.66. The van der Waals surface area contributed by atoms with Crippen LogP contribution in [0.15, 0.2) is 97.6 Å². The number of rotatable bonds is 27. The van der Waals surface area contributed by atoms with E-state index in [1.165, 1.54) is 12.4 Å². The number of aliphatic carboxylic acids is 2. The van der Waals surface area contributed by atoms with Crippen molar-refractivity contribution in [2.75, 3.05) is 6.54 Å². The summed E-state index contributed by atoms with van der Waals surface area (Å²) in [5.41, 5.74) is 19.5. The van der Waals surface area contributed by atoms with E-state index in [-0.39, 0.29) is 68.5 Å². The smallest absolute Gasteiger partial charge is 0.306 e. The van der Waals surface area contributed by atoms with Crippen molar-refractivity contribution >= 4 is 47.0 Å². The number of amides is 2. The molecule has 0 saturated heterocycles. The lowest BCUT2D eigenvalue weighted by Crippen LogP contribution is -2.28. The molecule has 2 atom stereocenters. The summed E-state index contributed by atoms with van der Waals surface area (Å²) < 4.78 is 25.1. The molecular weight excluding hydrogens is 970 g/mol. The molecule has 9 N–H and O–H groups in total. The monoisotopic (exact) mass is 1020 g/mol. The minimum Gasteiger partial charge on any atom is -0.488 e. The maximum atomic E-state index is 11.8. The molecule has 0 unspecified atom stereocenters. The number of aromatic nitrogens is 2. The number of aryl methyl sites for hydroxylation is 1. The lowest BCUT2D eigenvalue weighted by molar-refractivity contribution is -0.140. The number of carboxylic acid groups (broad SMARTS) is 2. The van der Waals surface area contributed by atoms with Crippen molar-refractivity contribution in [2.45, 2.75) is 91.1 Å². The number of nitrogens with two attached hydrogens (primary N) is 2. The van der Waals surface area contributed by atoms with Crippen LogP contribution in [0.5, 0.6) is 23.0 Å². The Labute approximate surface area is 425 Å². The van der Waals surface area contributed by atoms with Gasteiger partial charge in [-0.15, -0.1) is 0 Å². The van der Waals surface area contributed by atoms with Gasteiger partial charge in [0, 0.05) is 66.7 Å². The summed E-state index contributed by atoms with van der Waals surface area (Å²) >= 11 is 13.6. The molecule has 0 aliphatic carbocycles. The standard InChI is InChI=1S/C53H55Cl2N5O12/c1-30-35(28-71-48-18-46(69-26-32-12-38(52(56)67)23-58-20-32)34(14-44(48)54)6-3-9-40(61)16-50(63)64)7-4-10-42(30)43-11-5-8-36(31(43)2)29-72-49-19-47(70-27-33-13-39(53(57)68)24-59-21-33)37(15-45(49)55)22-60-25-41(62)17-51(65)66/h4-5,7-8,10-15,18-21,23-24,40-41,60-62H,3,6,9,16-17,22,25-29H2,1-2H3,(H2,56,67)(H2,57,68)(H,63,64)(H,65,66)/t40-,41+/m1/s1. The Kier molecular flexibility index (Phi) is 19.3. The number of ether oxygens (including phenoxy) is 4. The number of benzene rings is 4. The van der Waals surface area contributed by atoms with Crippen LogP contribution in [0.1, 0.15) is 90.9 Å². The second-order valence-corrected chi connectivity index (χ2v) is 17.8. The molecule has 2 amide bonds. The van der Waals surface area contributed by atoms with Crippen LogP contribution in [-0.4, -0.2) is 72.9 Å². The van der Waals surface area contributed by atoms with E-state index < -0.39 is 42.4 Å². The number of hydrogen-bond donors (Lipinski definition) is 7. The summed E-state index contributed by atoms with van der Waals surface area (Å²) in [5.74, 6) is -1.96. The first-order valence-corrected chi connectivity index (χ1v) is 23.5. The molecule has 6 aromatic rings. The van der Waals surface area contributed by atoms with Crippen LogP contribution >= 0.6 is 23.2 Å². The van der Waals surface area contributed by atoms with Gasteiger partial charge in [0.15, 0.2) is 0 Å². The molecule has 17 nitrogen and oxygen atoms in total. The number of halogens is 2. The number of nitrogens with zero attached hydrogens (tertiary/aromatic N) is 2. The average Bonchev–Trinajstić information content (AvgIpc) is 3.33. The van der Waals surface area contributed by atoms with Gasteiger partial charge in [0.1, 0.15) is 49.4 Å². The number of carbonyl (C=O) groups excluding carboxylic acids is 2. The Hall–Kier alpha value is -7.28. The van der Waals surface area contributed by atoms with Gasteiger partial charge in [-0.05, 0) is 96.3 Å². The zero-order valence-corrected chi connectivity index (χ0v) is 41.0. The van der Waals surface area contributed by atoms with Crippen molar-refractivity contribution in [3.8, 4) is 34.1 Å².